The third-order valence-electron chi connectivity index (χ3n) is 3.43. The van der Waals surface area contributed by atoms with Gasteiger partial charge in [-0.2, -0.15) is 5.10 Å². The van der Waals surface area contributed by atoms with Crippen LogP contribution in [-0.2, 0) is 11.2 Å². The molecule has 0 aliphatic carbocycles. The number of rotatable bonds is 7. The van der Waals surface area contributed by atoms with E-state index in [9.17, 15) is 4.79 Å². The van der Waals surface area contributed by atoms with Crippen molar-refractivity contribution < 1.29 is 4.79 Å². The largest absolute Gasteiger partial charge is 0.355 e. The van der Waals surface area contributed by atoms with Crippen molar-refractivity contribution in [2.45, 2.75) is 11.6 Å². The summed E-state index contributed by atoms with van der Waals surface area (Å²) in [6.07, 6.45) is 2.33. The molecule has 1 aromatic heterocycles. The first-order valence-electron chi connectivity index (χ1n) is 7.72. The number of benzene rings is 2. The Hall–Kier alpha value is -2.60. The SMILES string of the molecule is O=C(CSc1ncnn1-c1ccccc1)NCCc1ccccc1. The van der Waals surface area contributed by atoms with Gasteiger partial charge in [-0.15, -0.1) is 0 Å². The topological polar surface area (TPSA) is 59.8 Å². The highest BCUT2D eigenvalue weighted by molar-refractivity contribution is 7.99. The smallest absolute Gasteiger partial charge is 0.230 e. The fraction of sp³-hybridized carbons (Fsp3) is 0.167. The zero-order valence-electron chi connectivity index (χ0n) is 13.1. The molecule has 0 aliphatic rings. The first-order valence-corrected chi connectivity index (χ1v) is 8.70. The second-order valence-electron chi connectivity index (χ2n) is 5.16. The van der Waals surface area contributed by atoms with E-state index in [1.54, 1.807) is 4.68 Å². The fourth-order valence-electron chi connectivity index (χ4n) is 2.25. The van der Waals surface area contributed by atoms with Crippen LogP contribution in [0.4, 0.5) is 0 Å². The van der Waals surface area contributed by atoms with Crippen molar-refractivity contribution in [2.24, 2.45) is 0 Å². The van der Waals surface area contributed by atoms with Crippen LogP contribution in [0, 0.1) is 0 Å². The van der Waals surface area contributed by atoms with E-state index in [0.29, 0.717) is 17.5 Å². The lowest BCUT2D eigenvalue weighted by Gasteiger charge is -2.06. The minimum atomic E-state index is -0.00135. The molecule has 3 rings (SSSR count). The third-order valence-corrected chi connectivity index (χ3v) is 4.37. The van der Waals surface area contributed by atoms with Gasteiger partial charge in [0.25, 0.3) is 0 Å². The summed E-state index contributed by atoms with van der Waals surface area (Å²) in [7, 11) is 0. The van der Waals surface area contributed by atoms with Gasteiger partial charge in [-0.25, -0.2) is 9.67 Å². The number of carbonyl (C=O) groups is 1. The normalized spacial score (nSPS) is 10.5. The van der Waals surface area contributed by atoms with E-state index < -0.39 is 0 Å². The van der Waals surface area contributed by atoms with E-state index in [1.807, 2.05) is 48.5 Å². The van der Waals surface area contributed by atoms with Gasteiger partial charge in [0.2, 0.25) is 5.91 Å². The monoisotopic (exact) mass is 338 g/mol. The zero-order valence-corrected chi connectivity index (χ0v) is 13.9. The average Bonchev–Trinajstić information content (AvgIpc) is 3.10. The summed E-state index contributed by atoms with van der Waals surface area (Å²) >= 11 is 1.38. The zero-order chi connectivity index (χ0) is 16.6. The minimum absolute atomic E-state index is 0.00135. The quantitative estimate of drug-likeness (QED) is 0.673. The Kier molecular flexibility index (Phi) is 5.63. The van der Waals surface area contributed by atoms with Crippen molar-refractivity contribution in [1.29, 1.82) is 0 Å². The highest BCUT2D eigenvalue weighted by Crippen LogP contribution is 2.18. The summed E-state index contributed by atoms with van der Waals surface area (Å²) < 4.78 is 1.74. The van der Waals surface area contributed by atoms with Gasteiger partial charge >= 0.3 is 0 Å². The lowest BCUT2D eigenvalue weighted by Crippen LogP contribution is -2.27. The Morgan fingerprint density at radius 1 is 1.04 bits per heavy atom. The highest BCUT2D eigenvalue weighted by atomic mass is 32.2. The number of aromatic nitrogens is 3. The Morgan fingerprint density at radius 3 is 2.50 bits per heavy atom. The molecule has 0 aliphatic heterocycles. The molecule has 6 heteroatoms. The van der Waals surface area contributed by atoms with E-state index in [4.69, 9.17) is 0 Å². The molecule has 24 heavy (non-hydrogen) atoms. The number of nitrogens with one attached hydrogen (secondary N) is 1. The molecule has 5 nitrogen and oxygen atoms in total. The molecule has 0 spiro atoms. The van der Waals surface area contributed by atoms with E-state index in [0.717, 1.165) is 12.1 Å². The van der Waals surface area contributed by atoms with Gasteiger partial charge in [-0.1, -0.05) is 60.3 Å². The lowest BCUT2D eigenvalue weighted by atomic mass is 10.1. The van der Waals surface area contributed by atoms with Crippen molar-refractivity contribution in [3.05, 3.63) is 72.6 Å². The molecule has 0 unspecified atom stereocenters. The first-order chi connectivity index (χ1) is 11.8. The molecule has 1 heterocycles. The molecule has 122 valence electrons. The van der Waals surface area contributed by atoms with Crippen LogP contribution < -0.4 is 5.32 Å². The summed E-state index contributed by atoms with van der Waals surface area (Å²) in [5.41, 5.74) is 2.15. The average molecular weight is 338 g/mol. The van der Waals surface area contributed by atoms with Gasteiger partial charge in [0.05, 0.1) is 11.4 Å². The Balaban J connectivity index is 1.48. The maximum atomic E-state index is 12.0. The number of thioether (sulfide) groups is 1. The number of amides is 1. The van der Waals surface area contributed by atoms with Gasteiger partial charge in [0.15, 0.2) is 5.16 Å². The maximum Gasteiger partial charge on any atom is 0.230 e. The first kappa shape index (κ1) is 16.3. The van der Waals surface area contributed by atoms with Gasteiger partial charge in [0, 0.05) is 6.54 Å². The van der Waals surface area contributed by atoms with Gasteiger partial charge < -0.3 is 5.32 Å². The molecule has 3 aromatic rings. The number of hydrogen-bond acceptors (Lipinski definition) is 4. The van der Waals surface area contributed by atoms with E-state index in [2.05, 4.69) is 27.5 Å². The van der Waals surface area contributed by atoms with Crippen LogP contribution in [-0.4, -0.2) is 33.0 Å². The number of hydrogen-bond donors (Lipinski definition) is 1. The highest BCUT2D eigenvalue weighted by Gasteiger charge is 2.09. The van der Waals surface area contributed by atoms with Crippen LogP contribution in [0.5, 0.6) is 0 Å². The van der Waals surface area contributed by atoms with Crippen LogP contribution in [0.15, 0.2) is 72.1 Å². The van der Waals surface area contributed by atoms with Crippen molar-refractivity contribution in [3.8, 4) is 5.69 Å². The molecule has 1 amide bonds. The lowest BCUT2D eigenvalue weighted by molar-refractivity contribution is -0.118. The van der Waals surface area contributed by atoms with E-state index in [-0.39, 0.29) is 5.91 Å². The van der Waals surface area contributed by atoms with Gasteiger partial charge in [-0.05, 0) is 24.1 Å². The molecular formula is C18H18N4OS. The molecule has 1 N–H and O–H groups in total. The molecular weight excluding hydrogens is 320 g/mol. The predicted molar refractivity (Wildman–Crippen MR) is 95.2 cm³/mol. The van der Waals surface area contributed by atoms with E-state index in [1.165, 1.54) is 23.7 Å². The molecule has 0 saturated carbocycles. The predicted octanol–water partition coefficient (Wildman–Crippen LogP) is 2.72. The summed E-state index contributed by atoms with van der Waals surface area (Å²) in [4.78, 5) is 16.2. The molecule has 0 atom stereocenters. The third kappa shape index (κ3) is 4.45. The Bertz CT molecular complexity index is 774. The summed E-state index contributed by atoms with van der Waals surface area (Å²) in [6.45, 7) is 0.634. The molecule has 0 saturated heterocycles. The Labute approximate surface area is 145 Å². The van der Waals surface area contributed by atoms with Crippen molar-refractivity contribution in [3.63, 3.8) is 0 Å². The van der Waals surface area contributed by atoms with Crippen LogP contribution in [0.3, 0.4) is 0 Å². The summed E-state index contributed by atoms with van der Waals surface area (Å²) in [5.74, 6) is 0.318. The minimum Gasteiger partial charge on any atom is -0.355 e. The van der Waals surface area contributed by atoms with Gasteiger partial charge in [-0.3, -0.25) is 4.79 Å². The molecule has 2 aromatic carbocycles. The van der Waals surface area contributed by atoms with E-state index >= 15 is 0 Å². The van der Waals surface area contributed by atoms with Crippen LogP contribution >= 0.6 is 11.8 Å². The van der Waals surface area contributed by atoms with Crippen LogP contribution in [0.2, 0.25) is 0 Å². The summed E-state index contributed by atoms with van der Waals surface area (Å²) in [6, 6.07) is 19.9. The van der Waals surface area contributed by atoms with Crippen molar-refractivity contribution >= 4 is 17.7 Å². The number of carbonyl (C=O) groups excluding carboxylic acids is 1. The number of para-hydroxylation sites is 1. The standard InChI is InChI=1S/C18H18N4OS/c23-17(19-12-11-15-7-3-1-4-8-15)13-24-18-20-14-21-22(18)16-9-5-2-6-10-16/h1-10,14H,11-13H2,(H,19,23). The Morgan fingerprint density at radius 2 is 1.75 bits per heavy atom. The molecule has 0 radical (unpaired) electrons. The second-order valence-corrected chi connectivity index (χ2v) is 6.11. The second kappa shape index (κ2) is 8.31. The number of nitrogens with zero attached hydrogens (tertiary/aromatic N) is 3. The van der Waals surface area contributed by atoms with Crippen molar-refractivity contribution in [2.75, 3.05) is 12.3 Å². The van der Waals surface area contributed by atoms with Crippen LogP contribution in [0.25, 0.3) is 5.69 Å². The van der Waals surface area contributed by atoms with Crippen LogP contribution in [0.1, 0.15) is 5.56 Å². The molecule has 0 fully saturated rings. The maximum absolute atomic E-state index is 12.0. The fourth-order valence-corrected chi connectivity index (χ4v) is 3.01. The van der Waals surface area contributed by atoms with Gasteiger partial charge in [0.1, 0.15) is 6.33 Å². The molecule has 0 bridgehead atoms. The summed E-state index contributed by atoms with van der Waals surface area (Å²) in [5, 5.41) is 7.86. The van der Waals surface area contributed by atoms with Crippen molar-refractivity contribution in [1.82, 2.24) is 20.1 Å².